The number of rotatable bonds is 1. The van der Waals surface area contributed by atoms with E-state index in [1.807, 2.05) is 36.2 Å². The van der Waals surface area contributed by atoms with Crippen molar-refractivity contribution in [1.82, 2.24) is 4.90 Å². The minimum absolute atomic E-state index is 0.133. The third-order valence-electron chi connectivity index (χ3n) is 3.68. The molecule has 2 aliphatic heterocycles. The van der Waals surface area contributed by atoms with Crippen molar-refractivity contribution in [1.29, 1.82) is 0 Å². The molecular weight excluding hydrogens is 228 g/mol. The Bertz CT molecular complexity index is 455. The predicted octanol–water partition coefficient (Wildman–Crippen LogP) is 1.51. The molecule has 2 heterocycles. The van der Waals surface area contributed by atoms with Crippen LogP contribution in [0.15, 0.2) is 24.3 Å². The van der Waals surface area contributed by atoms with Crippen LogP contribution >= 0.6 is 0 Å². The summed E-state index contributed by atoms with van der Waals surface area (Å²) in [6.07, 6.45) is 1.87. The van der Waals surface area contributed by atoms with Crippen LogP contribution in [0.3, 0.4) is 0 Å². The summed E-state index contributed by atoms with van der Waals surface area (Å²) >= 11 is 0. The lowest BCUT2D eigenvalue weighted by atomic mass is 10.2. The molecular formula is C14H18N2O2. The van der Waals surface area contributed by atoms with Gasteiger partial charge in [0.05, 0.1) is 12.2 Å². The third-order valence-corrected chi connectivity index (χ3v) is 3.68. The van der Waals surface area contributed by atoms with Gasteiger partial charge in [-0.25, -0.2) is 0 Å². The second-order valence-electron chi connectivity index (χ2n) is 4.99. The molecule has 0 spiro atoms. The van der Waals surface area contributed by atoms with Gasteiger partial charge in [-0.2, -0.15) is 0 Å². The highest BCUT2D eigenvalue weighted by molar-refractivity contribution is 5.83. The maximum absolute atomic E-state index is 12.3. The van der Waals surface area contributed by atoms with Gasteiger partial charge in [-0.3, -0.25) is 4.79 Å². The summed E-state index contributed by atoms with van der Waals surface area (Å²) in [4.78, 5) is 16.3. The Labute approximate surface area is 107 Å². The first-order valence-electron chi connectivity index (χ1n) is 6.51. The summed E-state index contributed by atoms with van der Waals surface area (Å²) in [6.45, 7) is 2.39. The highest BCUT2D eigenvalue weighted by atomic mass is 16.5. The highest BCUT2D eigenvalue weighted by Gasteiger charge is 2.32. The highest BCUT2D eigenvalue weighted by Crippen LogP contribution is 2.32. The lowest BCUT2D eigenvalue weighted by Gasteiger charge is -2.34. The van der Waals surface area contributed by atoms with Gasteiger partial charge >= 0.3 is 0 Å². The van der Waals surface area contributed by atoms with E-state index in [-0.39, 0.29) is 12.0 Å². The van der Waals surface area contributed by atoms with Crippen molar-refractivity contribution in [3.8, 4) is 5.75 Å². The summed E-state index contributed by atoms with van der Waals surface area (Å²) < 4.78 is 5.84. The lowest BCUT2D eigenvalue weighted by molar-refractivity contribution is -0.137. The standard InChI is InChI=1S/C14H18N2O2/c1-15-10-13(14(17)16-8-4-5-9-16)18-12-7-3-2-6-11(12)15/h2-3,6-7,13H,4-5,8-10H2,1H3. The van der Waals surface area contributed by atoms with Gasteiger partial charge in [-0.05, 0) is 25.0 Å². The molecule has 1 aromatic rings. The van der Waals surface area contributed by atoms with Crippen LogP contribution in [0.2, 0.25) is 0 Å². The first-order chi connectivity index (χ1) is 8.75. The number of amides is 1. The molecule has 0 aromatic heterocycles. The number of anilines is 1. The first-order valence-corrected chi connectivity index (χ1v) is 6.51. The van der Waals surface area contributed by atoms with Gasteiger partial charge in [0.15, 0.2) is 6.10 Å². The third kappa shape index (κ3) is 1.92. The fraction of sp³-hybridized carbons (Fsp3) is 0.500. The van der Waals surface area contributed by atoms with Crippen LogP contribution < -0.4 is 9.64 Å². The number of carbonyl (C=O) groups is 1. The first kappa shape index (κ1) is 11.4. The normalized spacial score (nSPS) is 22.6. The SMILES string of the molecule is CN1CC(C(=O)N2CCCC2)Oc2ccccc21. The molecule has 0 radical (unpaired) electrons. The Kier molecular flexibility index (Phi) is 2.86. The van der Waals surface area contributed by atoms with E-state index in [0.717, 1.165) is 37.4 Å². The van der Waals surface area contributed by atoms with Gasteiger partial charge in [-0.1, -0.05) is 12.1 Å². The second-order valence-corrected chi connectivity index (χ2v) is 4.99. The van der Waals surface area contributed by atoms with Crippen molar-refractivity contribution >= 4 is 11.6 Å². The van der Waals surface area contributed by atoms with E-state index in [0.29, 0.717) is 6.54 Å². The molecule has 1 amide bonds. The maximum atomic E-state index is 12.3. The monoisotopic (exact) mass is 246 g/mol. The summed E-state index contributed by atoms with van der Waals surface area (Å²) in [6, 6.07) is 7.87. The molecule has 1 atom stereocenters. The molecule has 1 unspecified atom stereocenters. The Balaban J connectivity index is 1.79. The molecule has 0 aliphatic carbocycles. The fourth-order valence-electron chi connectivity index (χ4n) is 2.68. The van der Waals surface area contributed by atoms with E-state index in [2.05, 4.69) is 4.90 Å². The minimum atomic E-state index is -0.358. The minimum Gasteiger partial charge on any atom is -0.477 e. The van der Waals surface area contributed by atoms with Gasteiger partial charge in [0, 0.05) is 20.1 Å². The number of nitrogens with zero attached hydrogens (tertiary/aromatic N) is 2. The molecule has 0 N–H and O–H groups in total. The molecule has 18 heavy (non-hydrogen) atoms. The van der Waals surface area contributed by atoms with E-state index in [4.69, 9.17) is 4.74 Å². The Morgan fingerprint density at radius 3 is 2.78 bits per heavy atom. The lowest BCUT2D eigenvalue weighted by Crippen LogP contribution is -2.48. The summed E-state index contributed by atoms with van der Waals surface area (Å²) in [5.74, 6) is 0.942. The average molecular weight is 246 g/mol. The van der Waals surface area contributed by atoms with Crippen LogP contribution in [0.1, 0.15) is 12.8 Å². The number of ether oxygens (including phenoxy) is 1. The number of fused-ring (bicyclic) bond motifs is 1. The van der Waals surface area contributed by atoms with E-state index < -0.39 is 0 Å². The molecule has 4 nitrogen and oxygen atoms in total. The Morgan fingerprint density at radius 2 is 2.00 bits per heavy atom. The molecule has 1 fully saturated rings. The number of benzene rings is 1. The number of likely N-dealkylation sites (N-methyl/N-ethyl adjacent to an activating group) is 1. The smallest absolute Gasteiger partial charge is 0.265 e. The van der Waals surface area contributed by atoms with Gasteiger partial charge < -0.3 is 14.5 Å². The van der Waals surface area contributed by atoms with Crippen LogP contribution in [0.4, 0.5) is 5.69 Å². The predicted molar refractivity (Wildman–Crippen MR) is 69.9 cm³/mol. The Morgan fingerprint density at radius 1 is 1.28 bits per heavy atom. The van der Waals surface area contributed by atoms with E-state index in [1.54, 1.807) is 0 Å². The van der Waals surface area contributed by atoms with E-state index >= 15 is 0 Å². The van der Waals surface area contributed by atoms with Crippen LogP contribution in [0.5, 0.6) is 5.75 Å². The van der Waals surface area contributed by atoms with Gasteiger partial charge in [0.1, 0.15) is 5.75 Å². The van der Waals surface area contributed by atoms with E-state index in [1.165, 1.54) is 0 Å². The van der Waals surface area contributed by atoms with Crippen LogP contribution in [0.25, 0.3) is 0 Å². The molecule has 2 aliphatic rings. The van der Waals surface area contributed by atoms with E-state index in [9.17, 15) is 4.79 Å². The average Bonchev–Trinajstić information content (AvgIpc) is 2.91. The zero-order valence-corrected chi connectivity index (χ0v) is 10.6. The van der Waals surface area contributed by atoms with Crippen LogP contribution in [-0.4, -0.2) is 43.6 Å². The van der Waals surface area contributed by atoms with Crippen molar-refractivity contribution in [2.24, 2.45) is 0 Å². The van der Waals surface area contributed by atoms with Crippen LogP contribution in [0, 0.1) is 0 Å². The van der Waals surface area contributed by atoms with Crippen molar-refractivity contribution < 1.29 is 9.53 Å². The van der Waals surface area contributed by atoms with Crippen molar-refractivity contribution in [2.45, 2.75) is 18.9 Å². The van der Waals surface area contributed by atoms with Gasteiger partial charge in [-0.15, -0.1) is 0 Å². The largest absolute Gasteiger partial charge is 0.477 e. The Hall–Kier alpha value is -1.71. The van der Waals surface area contributed by atoms with Crippen molar-refractivity contribution in [3.05, 3.63) is 24.3 Å². The molecule has 1 saturated heterocycles. The molecule has 4 heteroatoms. The fourth-order valence-corrected chi connectivity index (χ4v) is 2.68. The zero-order valence-electron chi connectivity index (χ0n) is 10.6. The number of hydrogen-bond donors (Lipinski definition) is 0. The molecule has 96 valence electrons. The number of hydrogen-bond acceptors (Lipinski definition) is 3. The molecule has 3 rings (SSSR count). The van der Waals surface area contributed by atoms with Gasteiger partial charge in [0.2, 0.25) is 0 Å². The quantitative estimate of drug-likeness (QED) is 0.753. The molecule has 0 bridgehead atoms. The summed E-state index contributed by atoms with van der Waals surface area (Å²) in [5, 5.41) is 0. The zero-order chi connectivity index (χ0) is 12.5. The summed E-state index contributed by atoms with van der Waals surface area (Å²) in [5.41, 5.74) is 1.06. The van der Waals surface area contributed by atoms with Crippen molar-refractivity contribution in [2.75, 3.05) is 31.6 Å². The maximum Gasteiger partial charge on any atom is 0.265 e. The number of para-hydroxylation sites is 2. The van der Waals surface area contributed by atoms with Crippen LogP contribution in [-0.2, 0) is 4.79 Å². The summed E-state index contributed by atoms with van der Waals surface area (Å²) in [7, 11) is 2.01. The number of likely N-dealkylation sites (tertiary alicyclic amines) is 1. The van der Waals surface area contributed by atoms with Crippen molar-refractivity contribution in [3.63, 3.8) is 0 Å². The van der Waals surface area contributed by atoms with Gasteiger partial charge in [0.25, 0.3) is 5.91 Å². The molecule has 1 aromatic carbocycles. The number of carbonyl (C=O) groups excluding carboxylic acids is 1. The molecule has 0 saturated carbocycles. The second kappa shape index (κ2) is 4.52. The topological polar surface area (TPSA) is 32.8 Å².